The molecule has 1 unspecified atom stereocenters. The van der Waals surface area contributed by atoms with Gasteiger partial charge in [-0.05, 0) is 29.2 Å². The van der Waals surface area contributed by atoms with Gasteiger partial charge in [-0.25, -0.2) is 0 Å². The first kappa shape index (κ1) is 12.5. The lowest BCUT2D eigenvalue weighted by Gasteiger charge is -2.20. The van der Waals surface area contributed by atoms with Crippen LogP contribution in [-0.4, -0.2) is 23.9 Å². The molecule has 19 heavy (non-hydrogen) atoms. The van der Waals surface area contributed by atoms with Gasteiger partial charge in [-0.15, -0.1) is 11.6 Å². The van der Waals surface area contributed by atoms with E-state index in [0.29, 0.717) is 0 Å². The van der Waals surface area contributed by atoms with Crippen molar-refractivity contribution < 1.29 is 4.79 Å². The highest BCUT2D eigenvalue weighted by atomic mass is 35.5. The number of hydrogen-bond acceptors (Lipinski definition) is 1. The van der Waals surface area contributed by atoms with E-state index in [1.807, 2.05) is 47.4 Å². The van der Waals surface area contributed by atoms with E-state index in [1.165, 1.54) is 0 Å². The zero-order valence-corrected chi connectivity index (χ0v) is 11.4. The number of nitrogens with zero attached hydrogens (tertiary/aromatic N) is 1. The molecule has 0 bridgehead atoms. The zero-order chi connectivity index (χ0) is 13.2. The van der Waals surface area contributed by atoms with E-state index in [9.17, 15) is 4.79 Å². The molecule has 1 fully saturated rings. The number of halogens is 1. The number of alkyl halides is 1. The fraction of sp³-hybridized carbons (Fsp3) is 0.312. The number of carbonyl (C=O) groups is 1. The molecule has 1 amide bonds. The van der Waals surface area contributed by atoms with Crippen LogP contribution in [0.3, 0.4) is 0 Å². The van der Waals surface area contributed by atoms with Crippen LogP contribution in [0.4, 0.5) is 0 Å². The third kappa shape index (κ3) is 2.33. The number of rotatable bonds is 2. The van der Waals surface area contributed by atoms with Gasteiger partial charge < -0.3 is 4.90 Å². The molecule has 2 aromatic carbocycles. The lowest BCUT2D eigenvalue weighted by atomic mass is 10.0. The zero-order valence-electron chi connectivity index (χ0n) is 10.7. The number of amides is 1. The molecule has 1 aliphatic heterocycles. The van der Waals surface area contributed by atoms with Gasteiger partial charge >= 0.3 is 0 Å². The van der Waals surface area contributed by atoms with Crippen molar-refractivity contribution in [3.63, 3.8) is 0 Å². The van der Waals surface area contributed by atoms with Gasteiger partial charge in [0.25, 0.3) is 0 Å². The smallest absolute Gasteiger partial charge is 0.245 e. The molecule has 1 saturated heterocycles. The maximum atomic E-state index is 12.4. The Morgan fingerprint density at radius 2 is 1.74 bits per heavy atom. The largest absolute Gasteiger partial charge is 0.341 e. The van der Waals surface area contributed by atoms with Crippen LogP contribution in [-0.2, 0) is 4.79 Å². The second-order valence-electron chi connectivity index (χ2n) is 4.96. The minimum Gasteiger partial charge on any atom is -0.341 e. The molecule has 0 aliphatic carbocycles. The molecule has 0 N–H and O–H groups in total. The van der Waals surface area contributed by atoms with Gasteiger partial charge in [0.05, 0.1) is 0 Å². The molecule has 2 aromatic rings. The molecule has 2 nitrogen and oxygen atoms in total. The summed E-state index contributed by atoms with van der Waals surface area (Å²) >= 11 is 6.42. The van der Waals surface area contributed by atoms with E-state index >= 15 is 0 Å². The van der Waals surface area contributed by atoms with Crippen LogP contribution in [0, 0.1) is 0 Å². The van der Waals surface area contributed by atoms with Crippen molar-refractivity contribution in [1.29, 1.82) is 0 Å². The van der Waals surface area contributed by atoms with Gasteiger partial charge in [-0.2, -0.15) is 0 Å². The summed E-state index contributed by atoms with van der Waals surface area (Å²) in [6.45, 7) is 1.68. The number of fused-ring (bicyclic) bond motifs is 1. The molecular formula is C16H16ClNO. The lowest BCUT2D eigenvalue weighted by molar-refractivity contribution is -0.129. The first-order chi connectivity index (χ1) is 9.27. The molecule has 3 rings (SSSR count). The Morgan fingerprint density at radius 3 is 2.53 bits per heavy atom. The third-order valence-corrected chi connectivity index (χ3v) is 4.15. The van der Waals surface area contributed by atoms with Crippen LogP contribution in [0.25, 0.3) is 10.8 Å². The van der Waals surface area contributed by atoms with Gasteiger partial charge in [-0.1, -0.05) is 42.5 Å². The van der Waals surface area contributed by atoms with Gasteiger partial charge in [-0.3, -0.25) is 4.79 Å². The van der Waals surface area contributed by atoms with Crippen LogP contribution in [0.5, 0.6) is 0 Å². The Balaban J connectivity index is 1.97. The third-order valence-electron chi connectivity index (χ3n) is 3.73. The number of likely N-dealkylation sites (tertiary alicyclic amines) is 1. The van der Waals surface area contributed by atoms with E-state index < -0.39 is 5.38 Å². The summed E-state index contributed by atoms with van der Waals surface area (Å²) in [4.78, 5) is 14.3. The van der Waals surface area contributed by atoms with E-state index in [2.05, 4.69) is 0 Å². The summed E-state index contributed by atoms with van der Waals surface area (Å²) < 4.78 is 0. The molecule has 0 radical (unpaired) electrons. The monoisotopic (exact) mass is 273 g/mol. The Bertz CT molecular complexity index is 599. The molecule has 1 heterocycles. The van der Waals surface area contributed by atoms with Crippen molar-refractivity contribution in [1.82, 2.24) is 4.90 Å². The fourth-order valence-electron chi connectivity index (χ4n) is 2.70. The normalized spacial score (nSPS) is 16.8. The highest BCUT2D eigenvalue weighted by Crippen LogP contribution is 2.30. The molecule has 1 atom stereocenters. The number of benzene rings is 2. The highest BCUT2D eigenvalue weighted by Gasteiger charge is 2.26. The van der Waals surface area contributed by atoms with Crippen LogP contribution >= 0.6 is 11.6 Å². The van der Waals surface area contributed by atoms with Crippen LogP contribution in [0.1, 0.15) is 23.8 Å². The maximum Gasteiger partial charge on any atom is 0.245 e. The second-order valence-corrected chi connectivity index (χ2v) is 5.40. The van der Waals surface area contributed by atoms with Gasteiger partial charge in [0.2, 0.25) is 5.91 Å². The minimum atomic E-state index is -0.579. The quantitative estimate of drug-likeness (QED) is 0.763. The van der Waals surface area contributed by atoms with Crippen molar-refractivity contribution in [2.45, 2.75) is 18.2 Å². The van der Waals surface area contributed by atoms with E-state index in [0.717, 1.165) is 42.3 Å². The first-order valence-corrected chi connectivity index (χ1v) is 7.11. The number of carbonyl (C=O) groups excluding carboxylic acids is 1. The number of hydrogen-bond donors (Lipinski definition) is 0. The topological polar surface area (TPSA) is 20.3 Å². The standard InChI is InChI=1S/C16H16ClNO/c17-15(16(19)18-10-3-4-11-18)14-9-5-7-12-6-1-2-8-13(12)14/h1-2,5-9,15H,3-4,10-11H2. The first-order valence-electron chi connectivity index (χ1n) is 6.68. The van der Waals surface area contributed by atoms with Crippen LogP contribution in [0.2, 0.25) is 0 Å². The van der Waals surface area contributed by atoms with Gasteiger partial charge in [0, 0.05) is 13.1 Å². The van der Waals surface area contributed by atoms with Crippen molar-refractivity contribution in [3.8, 4) is 0 Å². The summed E-state index contributed by atoms with van der Waals surface area (Å²) in [7, 11) is 0. The SMILES string of the molecule is O=C(C(Cl)c1cccc2ccccc12)N1CCCC1. The van der Waals surface area contributed by atoms with Crippen molar-refractivity contribution >= 4 is 28.3 Å². The predicted molar refractivity (Wildman–Crippen MR) is 78.4 cm³/mol. The van der Waals surface area contributed by atoms with E-state index in [-0.39, 0.29) is 5.91 Å². The average Bonchev–Trinajstić information content (AvgIpc) is 2.99. The Hall–Kier alpha value is -1.54. The van der Waals surface area contributed by atoms with E-state index in [1.54, 1.807) is 0 Å². The molecular weight excluding hydrogens is 258 g/mol. The molecule has 98 valence electrons. The summed E-state index contributed by atoms with van der Waals surface area (Å²) in [5, 5.41) is 1.61. The molecule has 3 heteroatoms. The Labute approximate surface area is 118 Å². The summed E-state index contributed by atoms with van der Waals surface area (Å²) in [5.41, 5.74) is 0.914. The highest BCUT2D eigenvalue weighted by molar-refractivity contribution is 6.31. The molecule has 1 aliphatic rings. The van der Waals surface area contributed by atoms with Gasteiger partial charge in [0.1, 0.15) is 5.38 Å². The van der Waals surface area contributed by atoms with Crippen LogP contribution < -0.4 is 0 Å². The summed E-state index contributed by atoms with van der Waals surface area (Å²) in [6, 6.07) is 14.0. The van der Waals surface area contributed by atoms with Crippen molar-refractivity contribution in [3.05, 3.63) is 48.0 Å². The molecule has 0 spiro atoms. The van der Waals surface area contributed by atoms with Crippen LogP contribution in [0.15, 0.2) is 42.5 Å². The van der Waals surface area contributed by atoms with Gasteiger partial charge in [0.15, 0.2) is 0 Å². The minimum absolute atomic E-state index is 0.0375. The average molecular weight is 274 g/mol. The van der Waals surface area contributed by atoms with E-state index in [4.69, 9.17) is 11.6 Å². The second kappa shape index (κ2) is 5.22. The van der Waals surface area contributed by atoms with Crippen molar-refractivity contribution in [2.24, 2.45) is 0 Å². The fourth-order valence-corrected chi connectivity index (χ4v) is 3.03. The summed E-state index contributed by atoms with van der Waals surface area (Å²) in [6.07, 6.45) is 2.18. The molecule has 0 aromatic heterocycles. The molecule has 0 saturated carbocycles. The van der Waals surface area contributed by atoms with Crippen molar-refractivity contribution in [2.75, 3.05) is 13.1 Å². The maximum absolute atomic E-state index is 12.4. The lowest BCUT2D eigenvalue weighted by Crippen LogP contribution is -2.30. The Kier molecular flexibility index (Phi) is 3.43. The Morgan fingerprint density at radius 1 is 1.05 bits per heavy atom. The summed E-state index contributed by atoms with van der Waals surface area (Å²) in [5.74, 6) is 0.0375. The predicted octanol–water partition coefficient (Wildman–Crippen LogP) is 3.74.